The highest BCUT2D eigenvalue weighted by molar-refractivity contribution is 5.89. The van der Waals surface area contributed by atoms with Crippen molar-refractivity contribution in [2.24, 2.45) is 5.41 Å². The summed E-state index contributed by atoms with van der Waals surface area (Å²) in [4.78, 5) is 11.4. The van der Waals surface area contributed by atoms with Gasteiger partial charge in [-0.15, -0.1) is 0 Å². The van der Waals surface area contributed by atoms with Crippen LogP contribution >= 0.6 is 0 Å². The van der Waals surface area contributed by atoms with Crippen molar-refractivity contribution < 1.29 is 14.3 Å². The maximum Gasteiger partial charge on any atom is 0.337 e. The number of rotatable bonds is 2. The molecule has 3 heteroatoms. The number of carbonyl (C=O) groups excluding carboxylic acids is 1. The maximum atomic E-state index is 11.4. The van der Waals surface area contributed by atoms with Gasteiger partial charge in [0.2, 0.25) is 0 Å². The molecule has 0 aromatic heterocycles. The van der Waals surface area contributed by atoms with Gasteiger partial charge in [0.05, 0.1) is 18.4 Å². The molecule has 1 rings (SSSR count). The Morgan fingerprint density at radius 1 is 1.57 bits per heavy atom. The first-order chi connectivity index (χ1) is 6.49. The summed E-state index contributed by atoms with van der Waals surface area (Å²) in [7, 11) is 0. The van der Waals surface area contributed by atoms with Crippen LogP contribution in [0.2, 0.25) is 0 Å². The monoisotopic (exact) mass is 196 g/mol. The number of hydrogen-bond donors (Lipinski definition) is 0. The molecule has 0 aromatic rings. The van der Waals surface area contributed by atoms with Crippen LogP contribution in [0.3, 0.4) is 0 Å². The normalized spacial score (nSPS) is 15.8. The van der Waals surface area contributed by atoms with Crippen LogP contribution in [-0.2, 0) is 14.3 Å². The van der Waals surface area contributed by atoms with Gasteiger partial charge in [-0.1, -0.05) is 20.8 Å². The molecule has 1 aliphatic heterocycles. The molecule has 0 amide bonds. The van der Waals surface area contributed by atoms with E-state index in [2.05, 4.69) is 0 Å². The van der Waals surface area contributed by atoms with Gasteiger partial charge in [-0.25, -0.2) is 4.79 Å². The Balaban J connectivity index is 2.42. The summed E-state index contributed by atoms with van der Waals surface area (Å²) in [5, 5.41) is 0. The maximum absolute atomic E-state index is 11.4. The van der Waals surface area contributed by atoms with Gasteiger partial charge in [0.25, 0.3) is 0 Å². The van der Waals surface area contributed by atoms with Gasteiger partial charge in [0.1, 0.15) is 6.61 Å². The van der Waals surface area contributed by atoms with E-state index in [1.165, 1.54) is 0 Å². The summed E-state index contributed by atoms with van der Waals surface area (Å²) in [5.74, 6) is -0.288. The Kier molecular flexibility index (Phi) is 3.33. The molecular formula is C11H16O3. The summed E-state index contributed by atoms with van der Waals surface area (Å²) in [5.41, 5.74) is 0.568. The smallest absolute Gasteiger partial charge is 0.337 e. The van der Waals surface area contributed by atoms with E-state index < -0.39 is 0 Å². The highest BCUT2D eigenvalue weighted by Gasteiger charge is 2.17. The first kappa shape index (κ1) is 10.8. The molecular weight excluding hydrogens is 180 g/mol. The predicted molar refractivity (Wildman–Crippen MR) is 53.6 cm³/mol. The number of esters is 1. The molecule has 0 unspecified atom stereocenters. The molecule has 0 aromatic carbocycles. The molecule has 14 heavy (non-hydrogen) atoms. The average Bonchev–Trinajstić information content (AvgIpc) is 2.14. The molecule has 0 bridgehead atoms. The van der Waals surface area contributed by atoms with E-state index in [0.717, 1.165) is 0 Å². The van der Waals surface area contributed by atoms with E-state index in [0.29, 0.717) is 18.8 Å². The van der Waals surface area contributed by atoms with Crippen molar-refractivity contribution in [2.75, 3.05) is 13.2 Å². The fraction of sp³-hybridized carbons (Fsp3) is 0.545. The van der Waals surface area contributed by atoms with Gasteiger partial charge in [-0.3, -0.25) is 0 Å². The lowest BCUT2D eigenvalue weighted by Gasteiger charge is -2.18. The predicted octanol–water partition coefficient (Wildman–Crippen LogP) is 2.05. The Hall–Kier alpha value is -1.25. The Morgan fingerprint density at radius 3 is 2.79 bits per heavy atom. The first-order valence-corrected chi connectivity index (χ1v) is 4.63. The number of allylic oxidation sites excluding steroid dienone is 2. The van der Waals surface area contributed by atoms with Crippen molar-refractivity contribution in [1.29, 1.82) is 0 Å². The van der Waals surface area contributed by atoms with Crippen LogP contribution < -0.4 is 0 Å². The third-order valence-electron chi connectivity index (χ3n) is 1.61. The third-order valence-corrected chi connectivity index (χ3v) is 1.61. The second-order valence-electron chi connectivity index (χ2n) is 4.47. The van der Waals surface area contributed by atoms with Crippen molar-refractivity contribution in [1.82, 2.24) is 0 Å². The van der Waals surface area contributed by atoms with Crippen LogP contribution in [0.5, 0.6) is 0 Å². The number of carbonyl (C=O) groups is 1. The minimum atomic E-state index is -0.288. The van der Waals surface area contributed by atoms with Crippen molar-refractivity contribution in [3.05, 3.63) is 24.0 Å². The lowest BCUT2D eigenvalue weighted by molar-refractivity contribution is -0.142. The van der Waals surface area contributed by atoms with Crippen LogP contribution in [0, 0.1) is 5.41 Å². The summed E-state index contributed by atoms with van der Waals surface area (Å²) >= 11 is 0. The molecule has 0 spiro atoms. The van der Waals surface area contributed by atoms with Gasteiger partial charge in [0.15, 0.2) is 0 Å². The fourth-order valence-corrected chi connectivity index (χ4v) is 0.899. The topological polar surface area (TPSA) is 35.5 Å². The van der Waals surface area contributed by atoms with Gasteiger partial charge in [-0.05, 0) is 17.6 Å². The number of ether oxygens (including phenoxy) is 2. The first-order valence-electron chi connectivity index (χ1n) is 4.63. The van der Waals surface area contributed by atoms with Gasteiger partial charge in [0, 0.05) is 0 Å². The zero-order chi connectivity index (χ0) is 10.6. The van der Waals surface area contributed by atoms with Gasteiger partial charge < -0.3 is 9.47 Å². The van der Waals surface area contributed by atoms with Crippen LogP contribution in [0.15, 0.2) is 24.0 Å². The van der Waals surface area contributed by atoms with Crippen molar-refractivity contribution in [3.8, 4) is 0 Å². The minimum absolute atomic E-state index is 0.00157. The molecule has 78 valence electrons. The average molecular weight is 196 g/mol. The standard InChI is InChI=1S/C11H16O3/c1-11(2,3)8-14-10(12)9-5-4-6-13-7-9/h4-6H,7-8H2,1-3H3. The molecule has 0 saturated carbocycles. The van der Waals surface area contributed by atoms with E-state index in [4.69, 9.17) is 9.47 Å². The highest BCUT2D eigenvalue weighted by Crippen LogP contribution is 2.14. The Bertz CT molecular complexity index is 269. The second-order valence-corrected chi connectivity index (χ2v) is 4.47. The Labute approximate surface area is 84.4 Å². The molecule has 0 fully saturated rings. The van der Waals surface area contributed by atoms with Crippen molar-refractivity contribution in [3.63, 3.8) is 0 Å². The van der Waals surface area contributed by atoms with Crippen LogP contribution in [-0.4, -0.2) is 19.2 Å². The SMILES string of the molecule is CC(C)(C)COC(=O)C1=CC=COC1. The van der Waals surface area contributed by atoms with Crippen LogP contribution in [0.25, 0.3) is 0 Å². The molecule has 0 atom stereocenters. The van der Waals surface area contributed by atoms with E-state index in [-0.39, 0.29) is 11.4 Å². The summed E-state index contributed by atoms with van der Waals surface area (Å²) < 4.78 is 10.1. The quantitative estimate of drug-likeness (QED) is 0.634. The lowest BCUT2D eigenvalue weighted by atomic mass is 9.99. The van der Waals surface area contributed by atoms with Gasteiger partial charge in [-0.2, -0.15) is 0 Å². The summed E-state index contributed by atoms with van der Waals surface area (Å²) in [6.07, 6.45) is 4.96. The summed E-state index contributed by atoms with van der Waals surface area (Å²) in [6, 6.07) is 0. The zero-order valence-corrected chi connectivity index (χ0v) is 8.87. The van der Waals surface area contributed by atoms with Crippen LogP contribution in [0.1, 0.15) is 20.8 Å². The van der Waals surface area contributed by atoms with Gasteiger partial charge >= 0.3 is 5.97 Å². The molecule has 0 aliphatic carbocycles. The van der Waals surface area contributed by atoms with E-state index >= 15 is 0 Å². The Morgan fingerprint density at radius 2 is 2.29 bits per heavy atom. The largest absolute Gasteiger partial charge is 0.496 e. The second kappa shape index (κ2) is 4.31. The molecule has 0 radical (unpaired) electrons. The molecule has 3 nitrogen and oxygen atoms in total. The van der Waals surface area contributed by atoms with Crippen LogP contribution in [0.4, 0.5) is 0 Å². The minimum Gasteiger partial charge on any atom is -0.496 e. The highest BCUT2D eigenvalue weighted by atomic mass is 16.5. The summed E-state index contributed by atoms with van der Waals surface area (Å²) in [6.45, 7) is 6.79. The lowest BCUT2D eigenvalue weighted by Crippen LogP contribution is -2.21. The van der Waals surface area contributed by atoms with E-state index in [9.17, 15) is 4.79 Å². The van der Waals surface area contributed by atoms with Crippen molar-refractivity contribution >= 4 is 5.97 Å². The van der Waals surface area contributed by atoms with E-state index in [1.807, 2.05) is 20.8 Å². The molecule has 1 heterocycles. The molecule has 0 N–H and O–H groups in total. The molecule has 1 aliphatic rings. The third kappa shape index (κ3) is 3.64. The van der Waals surface area contributed by atoms with Crippen molar-refractivity contribution in [2.45, 2.75) is 20.8 Å². The number of hydrogen-bond acceptors (Lipinski definition) is 3. The molecule has 0 saturated heterocycles. The zero-order valence-electron chi connectivity index (χ0n) is 8.87. The fourth-order valence-electron chi connectivity index (χ4n) is 0.899. The van der Waals surface area contributed by atoms with E-state index in [1.54, 1.807) is 18.4 Å².